The molecular formula is C24H25N5O4S. The van der Waals surface area contributed by atoms with Crippen LogP contribution in [0.3, 0.4) is 0 Å². The molecule has 0 spiro atoms. The predicted molar refractivity (Wildman–Crippen MR) is 132 cm³/mol. The number of thioether (sulfide) groups is 1. The summed E-state index contributed by atoms with van der Waals surface area (Å²) in [5.41, 5.74) is 3.49. The first-order valence-corrected chi connectivity index (χ1v) is 11.6. The lowest BCUT2D eigenvalue weighted by molar-refractivity contribution is 0.102. The Kier molecular flexibility index (Phi) is 7.17. The van der Waals surface area contributed by atoms with Crippen LogP contribution < -0.4 is 14.8 Å². The summed E-state index contributed by atoms with van der Waals surface area (Å²) >= 11 is 1.26. The Labute approximate surface area is 201 Å². The number of hydrazone groups is 1. The Hall–Kier alpha value is -3.79. The minimum absolute atomic E-state index is 0.0677. The molecule has 0 radical (unpaired) electrons. The van der Waals surface area contributed by atoms with Gasteiger partial charge in [-0.15, -0.1) is 0 Å². The number of aromatic nitrogens is 2. The van der Waals surface area contributed by atoms with Crippen molar-refractivity contribution >= 4 is 34.3 Å². The molecule has 9 nitrogen and oxygen atoms in total. The third-order valence-electron chi connectivity index (χ3n) is 5.30. The van der Waals surface area contributed by atoms with Gasteiger partial charge in [-0.1, -0.05) is 30.8 Å². The van der Waals surface area contributed by atoms with E-state index in [0.29, 0.717) is 22.9 Å². The molecule has 0 bridgehead atoms. The van der Waals surface area contributed by atoms with Crippen LogP contribution in [0.15, 0.2) is 59.8 Å². The SMILES string of the molecule is CCC1SC(=O)N(Cc2cccc(NC(=O)c3ccn[nH]3)c2)N=C1c1ccc(OC)c(OC)c1. The molecule has 2 amide bonds. The number of benzene rings is 2. The van der Waals surface area contributed by atoms with Crippen molar-refractivity contribution in [3.8, 4) is 11.5 Å². The van der Waals surface area contributed by atoms with E-state index in [0.717, 1.165) is 23.3 Å². The summed E-state index contributed by atoms with van der Waals surface area (Å²) in [6.07, 6.45) is 2.27. The molecule has 4 rings (SSSR count). The van der Waals surface area contributed by atoms with Crippen LogP contribution in [-0.2, 0) is 6.54 Å². The lowest BCUT2D eigenvalue weighted by Gasteiger charge is -2.28. The van der Waals surface area contributed by atoms with Crippen molar-refractivity contribution in [1.82, 2.24) is 15.2 Å². The van der Waals surface area contributed by atoms with E-state index >= 15 is 0 Å². The molecule has 1 aliphatic rings. The fraction of sp³-hybridized carbons (Fsp3) is 0.250. The lowest BCUT2D eigenvalue weighted by atomic mass is 10.0. The second-order valence-electron chi connectivity index (χ2n) is 7.52. The molecule has 0 fully saturated rings. The van der Waals surface area contributed by atoms with E-state index in [-0.39, 0.29) is 22.9 Å². The summed E-state index contributed by atoms with van der Waals surface area (Å²) in [6.45, 7) is 2.30. The Balaban J connectivity index is 1.58. The maximum absolute atomic E-state index is 12.8. The van der Waals surface area contributed by atoms with Gasteiger partial charge in [0, 0.05) is 17.4 Å². The highest BCUT2D eigenvalue weighted by molar-refractivity contribution is 8.14. The molecule has 0 saturated carbocycles. The van der Waals surface area contributed by atoms with Crippen molar-refractivity contribution < 1.29 is 19.1 Å². The van der Waals surface area contributed by atoms with Gasteiger partial charge in [0.25, 0.3) is 5.91 Å². The van der Waals surface area contributed by atoms with Gasteiger partial charge in [0.15, 0.2) is 11.5 Å². The quantitative estimate of drug-likeness (QED) is 0.491. The zero-order chi connectivity index (χ0) is 24.1. The Morgan fingerprint density at radius 3 is 2.68 bits per heavy atom. The summed E-state index contributed by atoms with van der Waals surface area (Å²) in [5, 5.41) is 15.2. The van der Waals surface area contributed by atoms with Gasteiger partial charge in [0.2, 0.25) is 0 Å². The number of rotatable bonds is 8. The molecule has 0 saturated heterocycles. The predicted octanol–water partition coefficient (Wildman–Crippen LogP) is 4.53. The normalized spacial score (nSPS) is 15.6. The smallest absolute Gasteiger partial charge is 0.302 e. The minimum atomic E-state index is -0.293. The van der Waals surface area contributed by atoms with Gasteiger partial charge in [-0.3, -0.25) is 14.7 Å². The number of aromatic amines is 1. The molecular weight excluding hydrogens is 454 g/mol. The minimum Gasteiger partial charge on any atom is -0.493 e. The third-order valence-corrected chi connectivity index (χ3v) is 6.55. The largest absolute Gasteiger partial charge is 0.493 e. The van der Waals surface area contributed by atoms with Crippen LogP contribution >= 0.6 is 11.8 Å². The van der Waals surface area contributed by atoms with Crippen LogP contribution in [0.5, 0.6) is 11.5 Å². The molecule has 2 heterocycles. The molecule has 1 unspecified atom stereocenters. The zero-order valence-electron chi connectivity index (χ0n) is 19.1. The number of hydrogen-bond donors (Lipinski definition) is 2. The van der Waals surface area contributed by atoms with Crippen LogP contribution in [0.25, 0.3) is 0 Å². The van der Waals surface area contributed by atoms with Crippen molar-refractivity contribution in [2.75, 3.05) is 19.5 Å². The number of nitrogens with zero attached hydrogens (tertiary/aromatic N) is 3. The molecule has 34 heavy (non-hydrogen) atoms. The van der Waals surface area contributed by atoms with E-state index in [9.17, 15) is 9.59 Å². The van der Waals surface area contributed by atoms with Crippen LogP contribution in [0.4, 0.5) is 10.5 Å². The van der Waals surface area contributed by atoms with Crippen LogP contribution in [0.2, 0.25) is 0 Å². The molecule has 1 aliphatic heterocycles. The number of nitrogens with one attached hydrogen (secondary N) is 2. The number of hydrogen-bond acceptors (Lipinski definition) is 7. The maximum Gasteiger partial charge on any atom is 0.302 e. The molecule has 1 aromatic heterocycles. The summed E-state index contributed by atoms with van der Waals surface area (Å²) in [7, 11) is 3.18. The number of anilines is 1. The van der Waals surface area contributed by atoms with E-state index in [1.165, 1.54) is 23.0 Å². The monoisotopic (exact) mass is 479 g/mol. The molecule has 2 N–H and O–H groups in total. The number of methoxy groups -OCH3 is 2. The fourth-order valence-electron chi connectivity index (χ4n) is 3.59. The molecule has 0 aliphatic carbocycles. The van der Waals surface area contributed by atoms with Crippen molar-refractivity contribution in [1.29, 1.82) is 0 Å². The van der Waals surface area contributed by atoms with E-state index in [1.54, 1.807) is 26.4 Å². The molecule has 1 atom stereocenters. The fourth-order valence-corrected chi connectivity index (χ4v) is 4.52. The Morgan fingerprint density at radius 1 is 1.15 bits per heavy atom. The number of carbonyl (C=O) groups is 2. The summed E-state index contributed by atoms with van der Waals surface area (Å²) in [5.74, 6) is 0.941. The first-order chi connectivity index (χ1) is 16.5. The average Bonchev–Trinajstić information content (AvgIpc) is 3.40. The zero-order valence-corrected chi connectivity index (χ0v) is 19.9. The van der Waals surface area contributed by atoms with Crippen molar-refractivity contribution in [2.24, 2.45) is 5.10 Å². The molecule has 2 aromatic carbocycles. The number of amides is 2. The average molecular weight is 480 g/mol. The van der Waals surface area contributed by atoms with Gasteiger partial charge in [-0.25, -0.2) is 5.01 Å². The Bertz CT molecular complexity index is 1210. The molecule has 176 valence electrons. The summed E-state index contributed by atoms with van der Waals surface area (Å²) in [4.78, 5) is 25.1. The standard InChI is InChI=1S/C24H25N5O4S/c1-4-21-22(16-8-9-19(32-2)20(13-16)33-3)28-29(24(31)34-21)14-15-6-5-7-17(12-15)26-23(30)18-10-11-25-27-18/h5-13,21H,4,14H2,1-3H3,(H,25,27)(H,26,30). The van der Waals surface area contributed by atoms with E-state index in [4.69, 9.17) is 14.6 Å². The van der Waals surface area contributed by atoms with Gasteiger partial charge < -0.3 is 14.8 Å². The van der Waals surface area contributed by atoms with Gasteiger partial charge >= 0.3 is 5.24 Å². The second-order valence-corrected chi connectivity index (χ2v) is 8.67. The first-order valence-electron chi connectivity index (χ1n) is 10.7. The summed E-state index contributed by atoms with van der Waals surface area (Å²) < 4.78 is 10.8. The number of H-pyrrole nitrogens is 1. The van der Waals surface area contributed by atoms with E-state index in [2.05, 4.69) is 15.5 Å². The van der Waals surface area contributed by atoms with Crippen LogP contribution in [0.1, 0.15) is 35.0 Å². The Morgan fingerprint density at radius 2 is 1.97 bits per heavy atom. The highest BCUT2D eigenvalue weighted by atomic mass is 32.2. The summed E-state index contributed by atoms with van der Waals surface area (Å²) in [6, 6.07) is 14.6. The van der Waals surface area contributed by atoms with Crippen molar-refractivity contribution in [2.45, 2.75) is 25.1 Å². The van der Waals surface area contributed by atoms with E-state index < -0.39 is 0 Å². The topological polar surface area (TPSA) is 109 Å². The van der Waals surface area contributed by atoms with Gasteiger partial charge in [0.05, 0.1) is 31.7 Å². The highest BCUT2D eigenvalue weighted by Crippen LogP contribution is 2.33. The molecule has 3 aromatic rings. The van der Waals surface area contributed by atoms with Crippen molar-refractivity contribution in [3.05, 3.63) is 71.5 Å². The molecule has 10 heteroatoms. The van der Waals surface area contributed by atoms with Crippen LogP contribution in [0, 0.1) is 0 Å². The van der Waals surface area contributed by atoms with Crippen molar-refractivity contribution in [3.63, 3.8) is 0 Å². The van der Waals surface area contributed by atoms with Gasteiger partial charge in [0.1, 0.15) is 5.69 Å². The number of carbonyl (C=O) groups excluding carboxylic acids is 2. The van der Waals surface area contributed by atoms with E-state index in [1.807, 2.05) is 43.3 Å². The maximum atomic E-state index is 12.8. The van der Waals surface area contributed by atoms with Crippen LogP contribution in [-0.4, -0.2) is 51.5 Å². The first kappa shape index (κ1) is 23.4. The number of ether oxygens (including phenoxy) is 2. The third kappa shape index (κ3) is 5.07. The second kappa shape index (κ2) is 10.4. The lowest BCUT2D eigenvalue weighted by Crippen LogP contribution is -2.34. The van der Waals surface area contributed by atoms with Gasteiger partial charge in [-0.05, 0) is 48.4 Å². The highest BCUT2D eigenvalue weighted by Gasteiger charge is 2.30. The van der Waals surface area contributed by atoms with Gasteiger partial charge in [-0.2, -0.15) is 10.2 Å².